The summed E-state index contributed by atoms with van der Waals surface area (Å²) in [5.41, 5.74) is 8.96. The highest BCUT2D eigenvalue weighted by atomic mass is 19.1. The maximum absolute atomic E-state index is 15.2. The number of rotatable bonds is 6. The number of oxazole rings is 1. The summed E-state index contributed by atoms with van der Waals surface area (Å²) in [4.78, 5) is 40.4. The number of pyridine rings is 1. The van der Waals surface area contributed by atoms with Crippen LogP contribution in [0.2, 0.25) is 0 Å². The minimum absolute atomic E-state index is 0.0250. The van der Waals surface area contributed by atoms with Crippen LogP contribution in [0.4, 0.5) is 10.2 Å². The fourth-order valence-electron chi connectivity index (χ4n) is 4.62. The molecule has 2 aliphatic heterocycles. The maximum atomic E-state index is 15.2. The van der Waals surface area contributed by atoms with Gasteiger partial charge in [-0.2, -0.15) is 0 Å². The van der Waals surface area contributed by atoms with Gasteiger partial charge in [0.25, 0.3) is 0 Å². The molecule has 0 bridgehead atoms. The highest BCUT2D eigenvalue weighted by Gasteiger charge is 2.30. The molecule has 3 aromatic rings. The molecule has 11 heteroatoms. The number of piperidine rings is 1. The zero-order chi connectivity index (χ0) is 26.1. The number of aryl methyl sites for hydroxylation is 1. The minimum atomic E-state index is -0.894. The van der Waals surface area contributed by atoms with Crippen LogP contribution in [-0.4, -0.2) is 40.7 Å². The molecule has 0 radical (unpaired) electrons. The van der Waals surface area contributed by atoms with E-state index in [4.69, 9.17) is 19.6 Å². The van der Waals surface area contributed by atoms with Gasteiger partial charge in [0.05, 0.1) is 30.2 Å². The summed E-state index contributed by atoms with van der Waals surface area (Å²) in [6.07, 6.45) is 3.35. The molecule has 2 saturated heterocycles. The average molecular weight is 511 g/mol. The Balaban J connectivity index is 1.36. The van der Waals surface area contributed by atoms with Crippen molar-refractivity contribution in [3.05, 3.63) is 58.0 Å². The quantitative estimate of drug-likeness (QED) is 0.483. The Hall–Kier alpha value is -3.83. The summed E-state index contributed by atoms with van der Waals surface area (Å²) < 4.78 is 32.8. The Kier molecular flexibility index (Phi) is 6.90. The smallest absolute Gasteiger partial charge is 0.408 e. The zero-order valence-electron chi connectivity index (χ0n) is 20.3. The SMILES string of the molecule is Cc1cc(-c2ccc(-c3cn([C@@H]4CCC(=O)NC4=O)c(=O)o3)c(F)c2)nc(N)c1COC1CCOCC1. The van der Waals surface area contributed by atoms with Gasteiger partial charge < -0.3 is 19.6 Å². The molecule has 0 spiro atoms. The highest BCUT2D eigenvalue weighted by Crippen LogP contribution is 2.30. The number of carbonyl (C=O) groups is 2. The first-order valence-electron chi connectivity index (χ1n) is 12.1. The number of hydrogen-bond donors (Lipinski definition) is 2. The molecule has 2 aromatic heterocycles. The molecule has 5 rings (SSSR count). The van der Waals surface area contributed by atoms with Gasteiger partial charge in [-0.3, -0.25) is 19.5 Å². The van der Waals surface area contributed by atoms with Gasteiger partial charge in [-0.1, -0.05) is 6.07 Å². The summed E-state index contributed by atoms with van der Waals surface area (Å²) in [6, 6.07) is 5.36. The highest BCUT2D eigenvalue weighted by molar-refractivity contribution is 5.99. The monoisotopic (exact) mass is 510 g/mol. The molecule has 3 N–H and O–H groups in total. The van der Waals surface area contributed by atoms with Crippen molar-refractivity contribution in [2.24, 2.45) is 0 Å². The van der Waals surface area contributed by atoms with E-state index in [1.165, 1.54) is 18.3 Å². The Labute approximate surface area is 211 Å². The lowest BCUT2D eigenvalue weighted by Gasteiger charge is -2.23. The number of carbonyl (C=O) groups excluding carboxylic acids is 2. The van der Waals surface area contributed by atoms with Crippen molar-refractivity contribution in [3.63, 3.8) is 0 Å². The van der Waals surface area contributed by atoms with Gasteiger partial charge in [0.15, 0.2) is 5.76 Å². The van der Waals surface area contributed by atoms with E-state index in [0.29, 0.717) is 36.9 Å². The summed E-state index contributed by atoms with van der Waals surface area (Å²) in [6.45, 7) is 3.61. The fraction of sp³-hybridized carbons (Fsp3) is 0.385. The predicted molar refractivity (Wildman–Crippen MR) is 131 cm³/mol. The van der Waals surface area contributed by atoms with Crippen LogP contribution >= 0.6 is 0 Å². The number of nitrogens with two attached hydrogens (primary N) is 1. The van der Waals surface area contributed by atoms with Crippen LogP contribution in [0.1, 0.15) is 42.9 Å². The summed E-state index contributed by atoms with van der Waals surface area (Å²) in [5.74, 6) is -2.14. The molecular formula is C26H27FN4O6. The standard InChI is InChI=1S/C26H27FN4O6/c1-14-10-20(29-24(28)18(14)13-36-16-6-8-35-9-7-16)15-2-3-17(19(27)11-15)22-12-31(26(34)37-22)21-4-5-23(32)30-25(21)33/h2-3,10-12,16,21H,4-9,13H2,1H3,(H2,28,29)(H,30,32,33)/t21-/m1/s1. The lowest BCUT2D eigenvalue weighted by atomic mass is 10.0. The van der Waals surface area contributed by atoms with Gasteiger partial charge in [-0.15, -0.1) is 0 Å². The van der Waals surface area contributed by atoms with Crippen LogP contribution in [0.3, 0.4) is 0 Å². The second-order valence-corrected chi connectivity index (χ2v) is 9.24. The summed E-state index contributed by atoms with van der Waals surface area (Å²) in [5, 5.41) is 2.20. The van der Waals surface area contributed by atoms with Crippen molar-refractivity contribution in [2.45, 2.75) is 51.4 Å². The molecule has 0 aliphatic carbocycles. The fourth-order valence-corrected chi connectivity index (χ4v) is 4.62. The van der Waals surface area contributed by atoms with Crippen molar-refractivity contribution in [1.82, 2.24) is 14.9 Å². The summed E-state index contributed by atoms with van der Waals surface area (Å²) >= 11 is 0. The number of anilines is 1. The number of hydrogen-bond acceptors (Lipinski definition) is 8. The van der Waals surface area contributed by atoms with Crippen LogP contribution in [0.5, 0.6) is 0 Å². The lowest BCUT2D eigenvalue weighted by molar-refractivity contribution is -0.135. The first-order valence-corrected chi connectivity index (χ1v) is 12.1. The first kappa shape index (κ1) is 24.8. The van der Waals surface area contributed by atoms with E-state index in [2.05, 4.69) is 10.3 Å². The normalized spacial score (nSPS) is 18.7. The van der Waals surface area contributed by atoms with E-state index in [-0.39, 0.29) is 30.3 Å². The molecule has 0 saturated carbocycles. The number of aromatic nitrogens is 2. The lowest BCUT2D eigenvalue weighted by Crippen LogP contribution is -2.43. The molecule has 2 fully saturated rings. The van der Waals surface area contributed by atoms with Crippen LogP contribution in [0.15, 0.2) is 39.7 Å². The van der Waals surface area contributed by atoms with Crippen LogP contribution in [0, 0.1) is 12.7 Å². The number of benzene rings is 1. The predicted octanol–water partition coefficient (Wildman–Crippen LogP) is 2.87. The van der Waals surface area contributed by atoms with Crippen LogP contribution in [0.25, 0.3) is 22.6 Å². The van der Waals surface area contributed by atoms with Gasteiger partial charge in [0.1, 0.15) is 17.7 Å². The molecule has 4 heterocycles. The van der Waals surface area contributed by atoms with Crippen molar-refractivity contribution >= 4 is 17.6 Å². The molecule has 1 aromatic carbocycles. The molecule has 1 atom stereocenters. The van der Waals surface area contributed by atoms with Gasteiger partial charge in [-0.25, -0.2) is 14.2 Å². The Bertz CT molecular complexity index is 1390. The van der Waals surface area contributed by atoms with E-state index in [0.717, 1.165) is 28.5 Å². The number of imide groups is 1. The number of nitrogen functional groups attached to an aromatic ring is 1. The molecule has 10 nitrogen and oxygen atoms in total. The number of halogens is 1. The van der Waals surface area contributed by atoms with Crippen molar-refractivity contribution in [3.8, 4) is 22.6 Å². The van der Waals surface area contributed by atoms with Crippen LogP contribution in [-0.2, 0) is 25.7 Å². The molecular weight excluding hydrogens is 483 g/mol. The van der Waals surface area contributed by atoms with Gasteiger partial charge in [0, 0.05) is 30.8 Å². The van der Waals surface area contributed by atoms with Crippen molar-refractivity contribution in [1.29, 1.82) is 0 Å². The number of nitrogens with zero attached hydrogens (tertiary/aromatic N) is 2. The third-order valence-corrected chi connectivity index (χ3v) is 6.75. The van der Waals surface area contributed by atoms with Gasteiger partial charge in [0.2, 0.25) is 11.8 Å². The summed E-state index contributed by atoms with van der Waals surface area (Å²) in [7, 11) is 0. The molecule has 194 valence electrons. The van der Waals surface area contributed by atoms with Gasteiger partial charge >= 0.3 is 5.76 Å². The second kappa shape index (κ2) is 10.3. The maximum Gasteiger partial charge on any atom is 0.420 e. The first-order chi connectivity index (χ1) is 17.8. The topological polar surface area (TPSA) is 139 Å². The molecule has 37 heavy (non-hydrogen) atoms. The second-order valence-electron chi connectivity index (χ2n) is 9.24. The largest absolute Gasteiger partial charge is 0.420 e. The number of amides is 2. The third-order valence-electron chi connectivity index (χ3n) is 6.75. The van der Waals surface area contributed by atoms with Crippen LogP contribution < -0.4 is 16.8 Å². The van der Waals surface area contributed by atoms with Crippen molar-refractivity contribution in [2.75, 3.05) is 18.9 Å². The Morgan fingerprint density at radius 1 is 1.19 bits per heavy atom. The average Bonchev–Trinajstić information content (AvgIpc) is 3.24. The Morgan fingerprint density at radius 3 is 2.68 bits per heavy atom. The number of ether oxygens (including phenoxy) is 2. The number of nitrogens with one attached hydrogen (secondary N) is 1. The molecule has 2 amide bonds. The van der Waals surface area contributed by atoms with Crippen molar-refractivity contribution < 1.29 is 27.9 Å². The molecule has 0 unspecified atom stereocenters. The minimum Gasteiger partial charge on any atom is -0.408 e. The van der Waals surface area contributed by atoms with E-state index in [1.807, 2.05) is 13.0 Å². The zero-order valence-corrected chi connectivity index (χ0v) is 20.3. The van der Waals surface area contributed by atoms with E-state index >= 15 is 4.39 Å². The third kappa shape index (κ3) is 5.18. The van der Waals surface area contributed by atoms with E-state index in [9.17, 15) is 14.4 Å². The van der Waals surface area contributed by atoms with E-state index in [1.54, 1.807) is 6.07 Å². The van der Waals surface area contributed by atoms with E-state index < -0.39 is 29.4 Å². The van der Waals surface area contributed by atoms with Gasteiger partial charge in [-0.05, 0) is 49.9 Å². The Morgan fingerprint density at radius 2 is 1.97 bits per heavy atom. The molecule has 2 aliphatic rings.